The summed E-state index contributed by atoms with van der Waals surface area (Å²) in [7, 11) is 0. The Balaban J connectivity index is 2.24. The van der Waals surface area contributed by atoms with Crippen molar-refractivity contribution in [2.24, 2.45) is 5.73 Å². The lowest BCUT2D eigenvalue weighted by Gasteiger charge is -2.36. The van der Waals surface area contributed by atoms with Crippen molar-refractivity contribution < 1.29 is 4.74 Å². The van der Waals surface area contributed by atoms with Crippen LogP contribution in [0.5, 0.6) is 0 Å². The average molecular weight is 254 g/mol. The summed E-state index contributed by atoms with van der Waals surface area (Å²) in [5.74, 6) is 0. The van der Waals surface area contributed by atoms with E-state index >= 15 is 0 Å². The normalized spacial score (nSPS) is 29.5. The van der Waals surface area contributed by atoms with Crippen LogP contribution < -0.4 is 5.73 Å². The van der Waals surface area contributed by atoms with E-state index < -0.39 is 0 Å². The number of aromatic nitrogens is 1. The first-order chi connectivity index (χ1) is 8.09. The van der Waals surface area contributed by atoms with E-state index in [0.29, 0.717) is 6.10 Å². The third-order valence-electron chi connectivity index (χ3n) is 3.60. The predicted molar refractivity (Wildman–Crippen MR) is 71.4 cm³/mol. The van der Waals surface area contributed by atoms with Crippen LogP contribution in [-0.2, 0) is 16.7 Å². The molecule has 0 amide bonds. The molecule has 1 aliphatic heterocycles. The van der Waals surface area contributed by atoms with Crippen LogP contribution >= 0.6 is 11.3 Å². The average Bonchev–Trinajstić information content (AvgIpc) is 2.71. The first kappa shape index (κ1) is 13.0. The van der Waals surface area contributed by atoms with Crippen molar-refractivity contribution in [3.8, 4) is 0 Å². The fraction of sp³-hybridized carbons (Fsp3) is 0.769. The first-order valence-electron chi connectivity index (χ1n) is 6.46. The van der Waals surface area contributed by atoms with Crippen molar-refractivity contribution in [1.29, 1.82) is 0 Å². The highest BCUT2D eigenvalue weighted by molar-refractivity contribution is 7.11. The predicted octanol–water partition coefficient (Wildman–Crippen LogP) is 2.76. The van der Waals surface area contributed by atoms with E-state index in [-0.39, 0.29) is 5.54 Å². The number of thiazole rings is 1. The molecule has 0 aromatic carbocycles. The Labute approximate surface area is 107 Å². The van der Waals surface area contributed by atoms with Gasteiger partial charge in [-0.2, -0.15) is 0 Å². The summed E-state index contributed by atoms with van der Waals surface area (Å²) in [5, 5.41) is 1.11. The summed E-state index contributed by atoms with van der Waals surface area (Å²) in [4.78, 5) is 6.04. The lowest BCUT2D eigenvalue weighted by Crippen LogP contribution is -2.45. The summed E-state index contributed by atoms with van der Waals surface area (Å²) in [6, 6.07) is 0. The van der Waals surface area contributed by atoms with Crippen molar-refractivity contribution in [3.63, 3.8) is 0 Å². The van der Waals surface area contributed by atoms with Crippen LogP contribution in [0.15, 0.2) is 0 Å². The van der Waals surface area contributed by atoms with Gasteiger partial charge in [0.05, 0.1) is 17.3 Å². The molecule has 4 heteroatoms. The maximum atomic E-state index is 6.55. The van der Waals surface area contributed by atoms with Gasteiger partial charge in [0.2, 0.25) is 0 Å². The zero-order chi connectivity index (χ0) is 12.5. The summed E-state index contributed by atoms with van der Waals surface area (Å²) in [6.45, 7) is 7.20. The first-order valence-corrected chi connectivity index (χ1v) is 7.28. The van der Waals surface area contributed by atoms with Crippen LogP contribution in [0.25, 0.3) is 0 Å². The van der Waals surface area contributed by atoms with Crippen LogP contribution in [0.4, 0.5) is 0 Å². The highest BCUT2D eigenvalue weighted by Gasteiger charge is 2.37. The van der Waals surface area contributed by atoms with E-state index in [1.54, 1.807) is 11.3 Å². The third-order valence-corrected chi connectivity index (χ3v) is 4.84. The van der Waals surface area contributed by atoms with Gasteiger partial charge in [-0.15, -0.1) is 11.3 Å². The Bertz CT molecular complexity index is 391. The van der Waals surface area contributed by atoms with Gasteiger partial charge >= 0.3 is 0 Å². The topological polar surface area (TPSA) is 48.1 Å². The van der Waals surface area contributed by atoms with Gasteiger partial charge in [0.25, 0.3) is 0 Å². The smallest absolute Gasteiger partial charge is 0.113 e. The molecule has 1 aromatic rings. The van der Waals surface area contributed by atoms with Crippen LogP contribution in [0.2, 0.25) is 0 Å². The molecule has 0 spiro atoms. The molecule has 0 radical (unpaired) electrons. The molecule has 1 aromatic heterocycles. The molecule has 3 nitrogen and oxygen atoms in total. The van der Waals surface area contributed by atoms with Gasteiger partial charge in [-0.1, -0.05) is 13.8 Å². The highest BCUT2D eigenvalue weighted by atomic mass is 32.1. The van der Waals surface area contributed by atoms with Crippen molar-refractivity contribution in [2.75, 3.05) is 6.61 Å². The minimum Gasteiger partial charge on any atom is -0.378 e. The molecule has 1 saturated heterocycles. The molecule has 96 valence electrons. The molecule has 2 rings (SSSR count). The lowest BCUT2D eigenvalue weighted by molar-refractivity contribution is -0.0214. The van der Waals surface area contributed by atoms with Crippen molar-refractivity contribution in [2.45, 2.75) is 58.1 Å². The molecule has 17 heavy (non-hydrogen) atoms. The van der Waals surface area contributed by atoms with Gasteiger partial charge in [-0.3, -0.25) is 0 Å². The van der Waals surface area contributed by atoms with Gasteiger partial charge in [0.15, 0.2) is 0 Å². The van der Waals surface area contributed by atoms with Gasteiger partial charge in [-0.25, -0.2) is 4.98 Å². The van der Waals surface area contributed by atoms with Gasteiger partial charge < -0.3 is 10.5 Å². The molecular formula is C13H22N2OS. The second-order valence-corrected chi connectivity index (χ2v) is 6.09. The zero-order valence-corrected chi connectivity index (χ0v) is 11.8. The zero-order valence-electron chi connectivity index (χ0n) is 11.0. The standard InChI is InChI=1S/C13H22N2OS/c1-4-10-8-13(14,6-7-16-10)12-15-11(5-2)9(3)17-12/h10H,4-8,14H2,1-3H3. The van der Waals surface area contributed by atoms with E-state index in [1.165, 1.54) is 10.6 Å². The minimum atomic E-state index is -0.262. The molecule has 2 unspecified atom stereocenters. The maximum absolute atomic E-state index is 6.55. The molecule has 2 atom stereocenters. The second kappa shape index (κ2) is 5.04. The number of nitrogens with zero attached hydrogens (tertiary/aromatic N) is 1. The van der Waals surface area contributed by atoms with Crippen molar-refractivity contribution in [3.05, 3.63) is 15.6 Å². The van der Waals surface area contributed by atoms with Crippen LogP contribution in [0.3, 0.4) is 0 Å². The number of nitrogens with two attached hydrogens (primary N) is 1. The Kier molecular flexibility index (Phi) is 3.85. The monoisotopic (exact) mass is 254 g/mol. The van der Waals surface area contributed by atoms with Gasteiger partial charge in [-0.05, 0) is 32.6 Å². The molecule has 1 fully saturated rings. The molecule has 0 bridgehead atoms. The Morgan fingerprint density at radius 3 is 2.88 bits per heavy atom. The molecule has 1 aliphatic rings. The third kappa shape index (κ3) is 2.54. The van der Waals surface area contributed by atoms with E-state index in [2.05, 4.69) is 20.8 Å². The SMILES string of the molecule is CCc1nc(C2(N)CCOC(CC)C2)sc1C. The number of hydrogen-bond acceptors (Lipinski definition) is 4. The summed E-state index contributed by atoms with van der Waals surface area (Å²) >= 11 is 1.77. The maximum Gasteiger partial charge on any atom is 0.113 e. The number of hydrogen-bond donors (Lipinski definition) is 1. The Hall–Kier alpha value is -0.450. The van der Waals surface area contributed by atoms with E-state index in [1.807, 2.05) is 0 Å². The molecule has 2 heterocycles. The summed E-state index contributed by atoms with van der Waals surface area (Å²) in [6.07, 6.45) is 4.11. The number of aryl methyl sites for hydroxylation is 2. The van der Waals surface area contributed by atoms with E-state index in [0.717, 1.165) is 37.3 Å². The van der Waals surface area contributed by atoms with Gasteiger partial charge in [0, 0.05) is 11.5 Å². The summed E-state index contributed by atoms with van der Waals surface area (Å²) < 4.78 is 5.70. The number of ether oxygens (including phenoxy) is 1. The summed E-state index contributed by atoms with van der Waals surface area (Å²) in [5.41, 5.74) is 7.49. The molecule has 2 N–H and O–H groups in total. The molecule has 0 aliphatic carbocycles. The second-order valence-electron chi connectivity index (χ2n) is 4.89. The quantitative estimate of drug-likeness (QED) is 0.902. The Morgan fingerprint density at radius 2 is 2.29 bits per heavy atom. The van der Waals surface area contributed by atoms with Crippen LogP contribution in [-0.4, -0.2) is 17.7 Å². The van der Waals surface area contributed by atoms with Crippen molar-refractivity contribution >= 4 is 11.3 Å². The highest BCUT2D eigenvalue weighted by Crippen LogP contribution is 2.36. The largest absolute Gasteiger partial charge is 0.378 e. The van der Waals surface area contributed by atoms with Crippen LogP contribution in [0, 0.1) is 6.92 Å². The van der Waals surface area contributed by atoms with E-state index in [9.17, 15) is 0 Å². The molecule has 0 saturated carbocycles. The minimum absolute atomic E-state index is 0.262. The van der Waals surface area contributed by atoms with Crippen LogP contribution in [0.1, 0.15) is 48.7 Å². The lowest BCUT2D eigenvalue weighted by atomic mass is 9.87. The van der Waals surface area contributed by atoms with Gasteiger partial charge in [0.1, 0.15) is 5.01 Å². The van der Waals surface area contributed by atoms with Crippen molar-refractivity contribution in [1.82, 2.24) is 4.98 Å². The fourth-order valence-corrected chi connectivity index (χ4v) is 3.54. The Morgan fingerprint density at radius 1 is 1.53 bits per heavy atom. The fourth-order valence-electron chi connectivity index (χ4n) is 2.40. The number of rotatable bonds is 3. The van der Waals surface area contributed by atoms with E-state index in [4.69, 9.17) is 15.5 Å². The molecular weight excluding hydrogens is 232 g/mol.